The van der Waals surface area contributed by atoms with Crippen LogP contribution in [0.5, 0.6) is 0 Å². The minimum Gasteiger partial charge on any atom is -0.315 e. The predicted molar refractivity (Wildman–Crippen MR) is 78.3 cm³/mol. The molecule has 1 aliphatic heterocycles. The Hall–Kier alpha value is -1.61. The molecule has 1 unspecified atom stereocenters. The Morgan fingerprint density at radius 3 is 2.79 bits per heavy atom. The van der Waals surface area contributed by atoms with E-state index in [-0.39, 0.29) is 0 Å². The molecule has 19 heavy (non-hydrogen) atoms. The molecule has 3 heteroatoms. The predicted octanol–water partition coefficient (Wildman–Crippen LogP) is 3.09. The van der Waals surface area contributed by atoms with Crippen molar-refractivity contribution in [1.29, 1.82) is 0 Å². The van der Waals surface area contributed by atoms with Crippen LogP contribution < -0.4 is 5.32 Å². The summed E-state index contributed by atoms with van der Waals surface area (Å²) in [6.07, 6.45) is 4.68. The topological polar surface area (TPSA) is 29.9 Å². The van der Waals surface area contributed by atoms with Crippen LogP contribution in [0.4, 0.5) is 0 Å². The van der Waals surface area contributed by atoms with E-state index in [9.17, 15) is 0 Å². The van der Waals surface area contributed by atoms with Crippen molar-refractivity contribution in [2.45, 2.75) is 32.7 Å². The molecule has 0 aliphatic carbocycles. The highest BCUT2D eigenvalue weighted by Gasteiger charge is 2.18. The second-order valence-electron chi connectivity index (χ2n) is 5.42. The smallest absolute Gasteiger partial charge is 0.0672 e. The van der Waals surface area contributed by atoms with Gasteiger partial charge in [0.05, 0.1) is 11.7 Å². The molecule has 1 aromatic heterocycles. The molecule has 0 amide bonds. The molecule has 0 spiro atoms. The van der Waals surface area contributed by atoms with Gasteiger partial charge in [-0.2, -0.15) is 5.10 Å². The summed E-state index contributed by atoms with van der Waals surface area (Å²) in [6.45, 7) is 6.44. The third-order valence-electron chi connectivity index (χ3n) is 4.00. The molecule has 3 rings (SSSR count). The van der Waals surface area contributed by atoms with Crippen LogP contribution in [0.25, 0.3) is 11.1 Å². The Bertz CT molecular complexity index is 565. The van der Waals surface area contributed by atoms with Gasteiger partial charge in [-0.1, -0.05) is 24.3 Å². The van der Waals surface area contributed by atoms with Crippen LogP contribution >= 0.6 is 0 Å². The fourth-order valence-corrected chi connectivity index (χ4v) is 2.87. The molecule has 1 atom stereocenters. The second kappa shape index (κ2) is 5.17. The minimum absolute atomic E-state index is 0.505. The molecule has 0 saturated carbocycles. The molecule has 1 aromatic carbocycles. The Kier molecular flexibility index (Phi) is 3.38. The van der Waals surface area contributed by atoms with Crippen molar-refractivity contribution in [3.8, 4) is 11.1 Å². The molecule has 3 nitrogen and oxygen atoms in total. The van der Waals surface area contributed by atoms with Crippen LogP contribution in [-0.2, 0) is 0 Å². The van der Waals surface area contributed by atoms with Gasteiger partial charge in [-0.25, -0.2) is 0 Å². The highest BCUT2D eigenvalue weighted by Crippen LogP contribution is 2.27. The summed E-state index contributed by atoms with van der Waals surface area (Å²) >= 11 is 0. The van der Waals surface area contributed by atoms with Gasteiger partial charge < -0.3 is 5.32 Å². The molecule has 0 radical (unpaired) electrons. The summed E-state index contributed by atoms with van der Waals surface area (Å²) in [5, 5.41) is 8.18. The van der Waals surface area contributed by atoms with Crippen LogP contribution in [0.1, 0.15) is 30.1 Å². The zero-order chi connectivity index (χ0) is 13.2. The Labute approximate surface area is 114 Å². The van der Waals surface area contributed by atoms with E-state index in [0.717, 1.165) is 18.8 Å². The number of aromatic nitrogens is 2. The van der Waals surface area contributed by atoms with E-state index in [1.165, 1.54) is 29.5 Å². The number of piperidine rings is 1. The van der Waals surface area contributed by atoms with Crippen molar-refractivity contribution in [3.05, 3.63) is 41.7 Å². The van der Waals surface area contributed by atoms with E-state index >= 15 is 0 Å². The van der Waals surface area contributed by atoms with E-state index in [1.54, 1.807) is 0 Å². The van der Waals surface area contributed by atoms with Gasteiger partial charge in [-0.05, 0) is 44.4 Å². The molecule has 1 aliphatic rings. The lowest BCUT2D eigenvalue weighted by Crippen LogP contribution is -2.31. The summed E-state index contributed by atoms with van der Waals surface area (Å²) in [6, 6.07) is 9.03. The fraction of sp³-hybridized carbons (Fsp3) is 0.438. The first-order chi connectivity index (χ1) is 9.25. The van der Waals surface area contributed by atoms with E-state index < -0.39 is 0 Å². The van der Waals surface area contributed by atoms with Gasteiger partial charge >= 0.3 is 0 Å². The van der Waals surface area contributed by atoms with E-state index in [0.29, 0.717) is 6.04 Å². The largest absolute Gasteiger partial charge is 0.315 e. The zero-order valence-corrected chi connectivity index (χ0v) is 11.7. The number of benzene rings is 1. The van der Waals surface area contributed by atoms with Gasteiger partial charge in [0.1, 0.15) is 0 Å². The Morgan fingerprint density at radius 1 is 1.21 bits per heavy atom. The maximum atomic E-state index is 4.73. The van der Waals surface area contributed by atoms with Crippen molar-refractivity contribution >= 4 is 0 Å². The summed E-state index contributed by atoms with van der Waals surface area (Å²) in [5.74, 6) is 0. The quantitative estimate of drug-likeness (QED) is 0.893. The molecule has 1 N–H and O–H groups in total. The minimum atomic E-state index is 0.505. The fourth-order valence-electron chi connectivity index (χ4n) is 2.87. The lowest BCUT2D eigenvalue weighted by atomic mass is 10.0. The van der Waals surface area contributed by atoms with Crippen molar-refractivity contribution in [2.24, 2.45) is 0 Å². The molecular weight excluding hydrogens is 234 g/mol. The lowest BCUT2D eigenvalue weighted by molar-refractivity contribution is 0.346. The number of hydrogen-bond donors (Lipinski definition) is 1. The molecule has 2 aromatic rings. The average Bonchev–Trinajstić information content (AvgIpc) is 2.82. The van der Waals surface area contributed by atoms with Gasteiger partial charge in [0.15, 0.2) is 0 Å². The highest BCUT2D eigenvalue weighted by molar-refractivity contribution is 5.68. The molecule has 0 bridgehead atoms. The Morgan fingerprint density at radius 2 is 2.05 bits per heavy atom. The molecule has 2 heterocycles. The van der Waals surface area contributed by atoms with Gasteiger partial charge in [-0.15, -0.1) is 0 Å². The maximum Gasteiger partial charge on any atom is 0.0672 e. The molecule has 1 saturated heterocycles. The van der Waals surface area contributed by atoms with Crippen LogP contribution in [0.2, 0.25) is 0 Å². The lowest BCUT2D eigenvalue weighted by Gasteiger charge is -2.22. The van der Waals surface area contributed by atoms with Crippen LogP contribution in [0, 0.1) is 13.8 Å². The van der Waals surface area contributed by atoms with Crippen LogP contribution in [-0.4, -0.2) is 22.9 Å². The molecule has 100 valence electrons. The third kappa shape index (κ3) is 2.43. The normalized spacial score (nSPS) is 19.6. The average molecular weight is 255 g/mol. The number of hydrogen-bond acceptors (Lipinski definition) is 2. The van der Waals surface area contributed by atoms with Gasteiger partial charge in [0.25, 0.3) is 0 Å². The SMILES string of the molecule is Cc1ccccc1-c1cn(C2CCCNC2)nc1C. The second-order valence-corrected chi connectivity index (χ2v) is 5.42. The van der Waals surface area contributed by atoms with Crippen LogP contribution in [0.3, 0.4) is 0 Å². The highest BCUT2D eigenvalue weighted by atomic mass is 15.3. The number of nitrogens with zero attached hydrogens (tertiary/aromatic N) is 2. The standard InChI is InChI=1S/C16H21N3/c1-12-6-3-4-8-15(12)16-11-19(18-13(16)2)14-7-5-9-17-10-14/h3-4,6,8,11,14,17H,5,7,9-10H2,1-2H3. The van der Waals surface area contributed by atoms with Crippen molar-refractivity contribution in [1.82, 2.24) is 15.1 Å². The first-order valence-corrected chi connectivity index (χ1v) is 7.08. The van der Waals surface area contributed by atoms with Gasteiger partial charge in [0, 0.05) is 18.3 Å². The number of aryl methyl sites for hydroxylation is 2. The summed E-state index contributed by atoms with van der Waals surface area (Å²) in [5.41, 5.74) is 5.01. The van der Waals surface area contributed by atoms with Gasteiger partial charge in [-0.3, -0.25) is 4.68 Å². The number of nitrogens with one attached hydrogen (secondary N) is 1. The van der Waals surface area contributed by atoms with E-state index in [1.807, 2.05) is 0 Å². The van der Waals surface area contributed by atoms with E-state index in [2.05, 4.69) is 54.3 Å². The van der Waals surface area contributed by atoms with Crippen molar-refractivity contribution in [3.63, 3.8) is 0 Å². The maximum absolute atomic E-state index is 4.73. The monoisotopic (exact) mass is 255 g/mol. The first-order valence-electron chi connectivity index (χ1n) is 7.08. The van der Waals surface area contributed by atoms with Crippen LogP contribution in [0.15, 0.2) is 30.5 Å². The first kappa shape index (κ1) is 12.4. The Balaban J connectivity index is 1.95. The number of rotatable bonds is 2. The van der Waals surface area contributed by atoms with Crippen molar-refractivity contribution in [2.75, 3.05) is 13.1 Å². The van der Waals surface area contributed by atoms with Crippen molar-refractivity contribution < 1.29 is 0 Å². The molecule has 1 fully saturated rings. The summed E-state index contributed by atoms with van der Waals surface area (Å²) in [7, 11) is 0. The summed E-state index contributed by atoms with van der Waals surface area (Å²) in [4.78, 5) is 0. The van der Waals surface area contributed by atoms with E-state index in [4.69, 9.17) is 5.10 Å². The molecular formula is C16H21N3. The third-order valence-corrected chi connectivity index (χ3v) is 4.00. The summed E-state index contributed by atoms with van der Waals surface area (Å²) < 4.78 is 2.16. The zero-order valence-electron chi connectivity index (χ0n) is 11.7. The van der Waals surface area contributed by atoms with Gasteiger partial charge in [0.2, 0.25) is 0 Å².